The van der Waals surface area contributed by atoms with Crippen molar-refractivity contribution in [2.45, 2.75) is 13.3 Å². The third kappa shape index (κ3) is 2.76. The molecule has 0 spiro atoms. The molecule has 1 aromatic carbocycles. The average Bonchev–Trinajstić information content (AvgIpc) is 2.76. The van der Waals surface area contributed by atoms with E-state index in [2.05, 4.69) is 15.3 Å². The molecular weight excluding hydrogens is 269 g/mol. The molecule has 0 saturated carbocycles. The van der Waals surface area contributed by atoms with Crippen LogP contribution < -0.4 is 5.32 Å². The van der Waals surface area contributed by atoms with Gasteiger partial charge in [0.25, 0.3) is 0 Å². The Bertz CT molecular complexity index is 796. The summed E-state index contributed by atoms with van der Waals surface area (Å²) in [5.74, 6) is 0.0148. The summed E-state index contributed by atoms with van der Waals surface area (Å²) in [6.45, 7) is 1.88. The highest BCUT2D eigenvalue weighted by atomic mass is 19.1. The molecule has 0 aliphatic carbocycles. The number of hydrogen-bond acceptors (Lipinski definition) is 2. The quantitative estimate of drug-likeness (QED) is 0.775. The van der Waals surface area contributed by atoms with Crippen LogP contribution in [0.3, 0.4) is 0 Å². The van der Waals surface area contributed by atoms with E-state index in [0.29, 0.717) is 5.82 Å². The predicted molar refractivity (Wildman–Crippen MR) is 79.6 cm³/mol. The van der Waals surface area contributed by atoms with E-state index in [1.54, 1.807) is 30.5 Å². The van der Waals surface area contributed by atoms with Gasteiger partial charge in [0.05, 0.1) is 6.42 Å². The topological polar surface area (TPSA) is 57.8 Å². The molecule has 3 rings (SSSR count). The molecule has 0 saturated heterocycles. The van der Waals surface area contributed by atoms with Crippen molar-refractivity contribution in [3.05, 3.63) is 59.7 Å². The van der Waals surface area contributed by atoms with E-state index in [4.69, 9.17) is 0 Å². The van der Waals surface area contributed by atoms with Crippen LogP contribution in [0.25, 0.3) is 10.9 Å². The maximum Gasteiger partial charge on any atom is 0.230 e. The van der Waals surface area contributed by atoms with Crippen LogP contribution in [0.5, 0.6) is 0 Å². The highest BCUT2D eigenvalue weighted by Gasteiger charge is 2.13. The molecule has 1 amide bonds. The average molecular weight is 283 g/mol. The van der Waals surface area contributed by atoms with Crippen LogP contribution in [0.15, 0.2) is 42.6 Å². The predicted octanol–water partition coefficient (Wildman–Crippen LogP) is 3.19. The van der Waals surface area contributed by atoms with Gasteiger partial charge in [0.2, 0.25) is 5.91 Å². The van der Waals surface area contributed by atoms with Crippen LogP contribution in [0.4, 0.5) is 10.2 Å². The van der Waals surface area contributed by atoms with Crippen molar-refractivity contribution in [3.63, 3.8) is 0 Å². The molecule has 2 heterocycles. The summed E-state index contributed by atoms with van der Waals surface area (Å²) >= 11 is 0. The van der Waals surface area contributed by atoms with Crippen molar-refractivity contribution < 1.29 is 9.18 Å². The Morgan fingerprint density at radius 1 is 1.33 bits per heavy atom. The molecule has 0 bridgehead atoms. The zero-order valence-corrected chi connectivity index (χ0v) is 11.5. The molecular formula is C16H14FN3O. The molecule has 4 nitrogen and oxygen atoms in total. The SMILES string of the molecule is Cc1[nH]c2ccc(F)cc2c1CC(=O)Nc1ccccn1. The van der Waals surface area contributed by atoms with Gasteiger partial charge in [-0.25, -0.2) is 9.37 Å². The molecule has 0 fully saturated rings. The van der Waals surface area contributed by atoms with Crippen molar-refractivity contribution in [3.8, 4) is 0 Å². The summed E-state index contributed by atoms with van der Waals surface area (Å²) in [5.41, 5.74) is 2.50. The Hall–Kier alpha value is -2.69. The minimum Gasteiger partial charge on any atom is -0.358 e. The van der Waals surface area contributed by atoms with E-state index in [0.717, 1.165) is 22.2 Å². The summed E-state index contributed by atoms with van der Waals surface area (Å²) in [7, 11) is 0. The molecule has 0 radical (unpaired) electrons. The number of benzene rings is 1. The summed E-state index contributed by atoms with van der Waals surface area (Å²) in [6, 6.07) is 9.83. The van der Waals surface area contributed by atoms with Crippen LogP contribution in [-0.4, -0.2) is 15.9 Å². The van der Waals surface area contributed by atoms with E-state index >= 15 is 0 Å². The Morgan fingerprint density at radius 2 is 2.19 bits per heavy atom. The zero-order chi connectivity index (χ0) is 14.8. The molecule has 5 heteroatoms. The first-order valence-electron chi connectivity index (χ1n) is 6.61. The number of carbonyl (C=O) groups is 1. The van der Waals surface area contributed by atoms with Crippen molar-refractivity contribution in [1.29, 1.82) is 0 Å². The fourth-order valence-electron chi connectivity index (χ4n) is 2.37. The fraction of sp³-hybridized carbons (Fsp3) is 0.125. The Labute approximate surface area is 121 Å². The van der Waals surface area contributed by atoms with Crippen LogP contribution in [0.2, 0.25) is 0 Å². The lowest BCUT2D eigenvalue weighted by atomic mass is 10.1. The van der Waals surface area contributed by atoms with Crippen molar-refractivity contribution in [2.75, 3.05) is 5.32 Å². The number of nitrogens with one attached hydrogen (secondary N) is 2. The van der Waals surface area contributed by atoms with Gasteiger partial charge < -0.3 is 10.3 Å². The number of rotatable bonds is 3. The monoisotopic (exact) mass is 283 g/mol. The number of aryl methyl sites for hydroxylation is 1. The summed E-state index contributed by atoms with van der Waals surface area (Å²) in [6.07, 6.45) is 1.79. The van der Waals surface area contributed by atoms with Gasteiger partial charge in [-0.2, -0.15) is 0 Å². The third-order valence-electron chi connectivity index (χ3n) is 3.35. The molecule has 0 unspecified atom stereocenters. The Kier molecular flexibility index (Phi) is 3.39. The van der Waals surface area contributed by atoms with Gasteiger partial charge in [-0.3, -0.25) is 4.79 Å². The lowest BCUT2D eigenvalue weighted by molar-refractivity contribution is -0.115. The number of amides is 1. The summed E-state index contributed by atoms with van der Waals surface area (Å²) in [5, 5.41) is 3.47. The number of fused-ring (bicyclic) bond motifs is 1. The molecule has 21 heavy (non-hydrogen) atoms. The molecule has 0 atom stereocenters. The largest absolute Gasteiger partial charge is 0.358 e. The zero-order valence-electron chi connectivity index (χ0n) is 11.5. The summed E-state index contributed by atoms with van der Waals surface area (Å²) in [4.78, 5) is 19.3. The second kappa shape index (κ2) is 5.36. The highest BCUT2D eigenvalue weighted by Crippen LogP contribution is 2.23. The second-order valence-electron chi connectivity index (χ2n) is 4.86. The van der Waals surface area contributed by atoms with Crippen LogP contribution >= 0.6 is 0 Å². The van der Waals surface area contributed by atoms with Crippen molar-refractivity contribution in [2.24, 2.45) is 0 Å². The van der Waals surface area contributed by atoms with Gasteiger partial charge in [0, 0.05) is 22.8 Å². The number of aromatic nitrogens is 2. The molecule has 3 aromatic rings. The molecule has 2 N–H and O–H groups in total. The van der Waals surface area contributed by atoms with Crippen LogP contribution in [-0.2, 0) is 11.2 Å². The molecule has 0 aliphatic heterocycles. The second-order valence-corrected chi connectivity index (χ2v) is 4.86. The number of pyridine rings is 1. The van der Waals surface area contributed by atoms with Crippen LogP contribution in [0.1, 0.15) is 11.3 Å². The number of carbonyl (C=O) groups excluding carboxylic acids is 1. The Morgan fingerprint density at radius 3 is 2.95 bits per heavy atom. The fourth-order valence-corrected chi connectivity index (χ4v) is 2.37. The number of hydrogen-bond donors (Lipinski definition) is 2. The van der Waals surface area contributed by atoms with E-state index in [1.807, 2.05) is 6.92 Å². The van der Waals surface area contributed by atoms with E-state index in [9.17, 15) is 9.18 Å². The highest BCUT2D eigenvalue weighted by molar-refractivity contribution is 5.95. The van der Waals surface area contributed by atoms with Gasteiger partial charge in [-0.05, 0) is 42.8 Å². The van der Waals surface area contributed by atoms with Gasteiger partial charge in [-0.1, -0.05) is 6.07 Å². The third-order valence-corrected chi connectivity index (χ3v) is 3.35. The van der Waals surface area contributed by atoms with E-state index < -0.39 is 0 Å². The maximum atomic E-state index is 13.4. The molecule has 2 aromatic heterocycles. The van der Waals surface area contributed by atoms with Gasteiger partial charge in [0.15, 0.2) is 0 Å². The number of nitrogens with zero attached hydrogens (tertiary/aromatic N) is 1. The number of anilines is 1. The first-order chi connectivity index (χ1) is 10.1. The number of aromatic amines is 1. The smallest absolute Gasteiger partial charge is 0.230 e. The van der Waals surface area contributed by atoms with Crippen molar-refractivity contribution >= 4 is 22.6 Å². The number of halogens is 1. The number of H-pyrrole nitrogens is 1. The maximum absolute atomic E-state index is 13.4. The minimum atomic E-state index is -0.312. The first kappa shape index (κ1) is 13.3. The summed E-state index contributed by atoms with van der Waals surface area (Å²) < 4.78 is 13.4. The van der Waals surface area contributed by atoms with Crippen molar-refractivity contribution in [1.82, 2.24) is 9.97 Å². The van der Waals surface area contributed by atoms with E-state index in [-0.39, 0.29) is 18.1 Å². The molecule has 0 aliphatic rings. The lowest BCUT2D eigenvalue weighted by Crippen LogP contribution is -2.15. The standard InChI is InChI=1S/C16H14FN3O/c1-10-12(13-8-11(17)5-6-14(13)19-10)9-16(21)20-15-4-2-3-7-18-15/h2-8,19H,9H2,1H3,(H,18,20,21). The molecule has 106 valence electrons. The van der Waals surface area contributed by atoms with Gasteiger partial charge >= 0.3 is 0 Å². The van der Waals surface area contributed by atoms with Crippen LogP contribution in [0, 0.1) is 12.7 Å². The van der Waals surface area contributed by atoms with E-state index in [1.165, 1.54) is 12.1 Å². The normalized spacial score (nSPS) is 10.8. The first-order valence-corrected chi connectivity index (χ1v) is 6.61. The van der Waals surface area contributed by atoms with Gasteiger partial charge in [0.1, 0.15) is 11.6 Å². The minimum absolute atomic E-state index is 0.172. The Balaban J connectivity index is 1.86. The van der Waals surface area contributed by atoms with Gasteiger partial charge in [-0.15, -0.1) is 0 Å². The lowest BCUT2D eigenvalue weighted by Gasteiger charge is -2.04.